The molecule has 0 spiro atoms. The van der Waals surface area contributed by atoms with E-state index in [4.69, 9.17) is 23.2 Å². The van der Waals surface area contributed by atoms with Gasteiger partial charge in [0.1, 0.15) is 5.82 Å². The maximum atomic E-state index is 12.7. The molecule has 1 saturated heterocycles. The molecule has 0 radical (unpaired) electrons. The SMILES string of the molecule is O=S(c1ccccc1Cl)[C@H]1CCN(c2ccnc(Cl)n2)C1. The van der Waals surface area contributed by atoms with Gasteiger partial charge in [0.2, 0.25) is 5.28 Å². The van der Waals surface area contributed by atoms with Gasteiger partial charge in [-0.15, -0.1) is 0 Å². The Labute approximate surface area is 135 Å². The van der Waals surface area contributed by atoms with Gasteiger partial charge in [-0.3, -0.25) is 4.21 Å². The summed E-state index contributed by atoms with van der Waals surface area (Å²) >= 11 is 11.9. The molecule has 7 heteroatoms. The first kappa shape index (κ1) is 14.8. The molecule has 110 valence electrons. The molecule has 1 aliphatic rings. The minimum atomic E-state index is -1.12. The number of hydrogen-bond donors (Lipinski definition) is 0. The third-order valence-corrected chi connectivity index (χ3v) is 5.84. The van der Waals surface area contributed by atoms with E-state index in [9.17, 15) is 4.21 Å². The zero-order valence-corrected chi connectivity index (χ0v) is 13.4. The molecule has 2 atom stereocenters. The van der Waals surface area contributed by atoms with Crippen LogP contribution in [0.5, 0.6) is 0 Å². The maximum absolute atomic E-state index is 12.7. The zero-order chi connectivity index (χ0) is 14.8. The lowest BCUT2D eigenvalue weighted by Crippen LogP contribution is -2.24. The van der Waals surface area contributed by atoms with E-state index >= 15 is 0 Å². The Bertz CT molecular complexity index is 683. The molecule has 2 aromatic rings. The summed E-state index contributed by atoms with van der Waals surface area (Å²) in [5.41, 5.74) is 0. The molecule has 3 rings (SSSR count). The van der Waals surface area contributed by atoms with Crippen LogP contribution in [0.25, 0.3) is 0 Å². The van der Waals surface area contributed by atoms with Gasteiger partial charge < -0.3 is 4.90 Å². The summed E-state index contributed by atoms with van der Waals surface area (Å²) in [6, 6.07) is 9.10. The number of benzene rings is 1. The third-order valence-electron chi connectivity index (χ3n) is 3.44. The molecule has 4 nitrogen and oxygen atoms in total. The Kier molecular flexibility index (Phi) is 4.42. The third kappa shape index (κ3) is 3.20. The van der Waals surface area contributed by atoms with Crippen molar-refractivity contribution in [2.75, 3.05) is 18.0 Å². The summed E-state index contributed by atoms with van der Waals surface area (Å²) in [6.45, 7) is 1.47. The fourth-order valence-electron chi connectivity index (χ4n) is 2.40. The van der Waals surface area contributed by atoms with Crippen LogP contribution in [0.3, 0.4) is 0 Å². The van der Waals surface area contributed by atoms with Crippen molar-refractivity contribution in [3.8, 4) is 0 Å². The molecule has 1 fully saturated rings. The summed E-state index contributed by atoms with van der Waals surface area (Å²) in [7, 11) is -1.12. The molecule has 0 bridgehead atoms. The first-order valence-electron chi connectivity index (χ1n) is 6.54. The largest absolute Gasteiger partial charge is 0.355 e. The molecular formula is C14H13Cl2N3OS. The highest BCUT2D eigenvalue weighted by molar-refractivity contribution is 7.85. The highest BCUT2D eigenvalue weighted by atomic mass is 35.5. The van der Waals surface area contributed by atoms with Gasteiger partial charge in [0.15, 0.2) is 0 Å². The van der Waals surface area contributed by atoms with E-state index in [2.05, 4.69) is 14.9 Å². The average molecular weight is 342 g/mol. The monoisotopic (exact) mass is 341 g/mol. The zero-order valence-electron chi connectivity index (χ0n) is 11.1. The topological polar surface area (TPSA) is 46.1 Å². The Balaban J connectivity index is 1.75. The van der Waals surface area contributed by atoms with Crippen molar-refractivity contribution >= 4 is 39.8 Å². The predicted molar refractivity (Wildman–Crippen MR) is 85.5 cm³/mol. The van der Waals surface area contributed by atoms with Crippen molar-refractivity contribution in [2.45, 2.75) is 16.6 Å². The van der Waals surface area contributed by atoms with E-state index in [1.807, 2.05) is 24.3 Å². The average Bonchev–Trinajstić information content (AvgIpc) is 2.97. The number of anilines is 1. The molecule has 2 heterocycles. The second-order valence-corrected chi connectivity index (χ2v) is 7.21. The molecule has 1 aromatic carbocycles. The van der Waals surface area contributed by atoms with E-state index in [1.54, 1.807) is 12.3 Å². The van der Waals surface area contributed by atoms with Gasteiger partial charge in [0.05, 0.1) is 26.0 Å². The highest BCUT2D eigenvalue weighted by Crippen LogP contribution is 2.27. The number of nitrogens with zero attached hydrogens (tertiary/aromatic N) is 3. The Morgan fingerprint density at radius 1 is 1.24 bits per heavy atom. The van der Waals surface area contributed by atoms with Gasteiger partial charge in [-0.25, -0.2) is 9.97 Å². The molecule has 0 aliphatic carbocycles. The van der Waals surface area contributed by atoms with Gasteiger partial charge in [-0.2, -0.15) is 0 Å². The number of halogens is 2. The Hall–Kier alpha value is -1.17. The molecule has 1 unspecified atom stereocenters. The molecule has 1 aromatic heterocycles. The smallest absolute Gasteiger partial charge is 0.224 e. The molecule has 21 heavy (non-hydrogen) atoms. The van der Waals surface area contributed by atoms with E-state index in [-0.39, 0.29) is 10.5 Å². The standard InChI is InChI=1S/C14H13Cl2N3OS/c15-11-3-1-2-4-12(11)21(20)10-6-8-19(9-10)13-5-7-17-14(16)18-13/h1-5,7,10H,6,8-9H2/t10-,21?/m0/s1. The summed E-state index contributed by atoms with van der Waals surface area (Å²) in [4.78, 5) is 10.8. The van der Waals surface area contributed by atoms with Crippen LogP contribution in [-0.4, -0.2) is 32.5 Å². The molecule has 0 amide bonds. The Morgan fingerprint density at radius 2 is 2.05 bits per heavy atom. The van der Waals surface area contributed by atoms with Gasteiger partial charge in [-0.1, -0.05) is 23.7 Å². The van der Waals surface area contributed by atoms with Crippen molar-refractivity contribution in [1.29, 1.82) is 0 Å². The van der Waals surface area contributed by atoms with Crippen molar-refractivity contribution in [1.82, 2.24) is 9.97 Å². The predicted octanol–water partition coefficient (Wildman–Crippen LogP) is 3.17. The van der Waals surface area contributed by atoms with Crippen LogP contribution >= 0.6 is 23.2 Å². The van der Waals surface area contributed by atoms with Crippen LogP contribution in [0.4, 0.5) is 5.82 Å². The summed E-state index contributed by atoms with van der Waals surface area (Å²) in [6.07, 6.45) is 2.46. The van der Waals surface area contributed by atoms with Crippen LogP contribution in [0.2, 0.25) is 10.3 Å². The van der Waals surface area contributed by atoms with Crippen LogP contribution < -0.4 is 4.90 Å². The van der Waals surface area contributed by atoms with Gasteiger partial charge in [0, 0.05) is 19.3 Å². The molecular weight excluding hydrogens is 329 g/mol. The molecule has 1 aliphatic heterocycles. The van der Waals surface area contributed by atoms with E-state index in [1.165, 1.54) is 0 Å². The van der Waals surface area contributed by atoms with Crippen LogP contribution in [-0.2, 0) is 10.8 Å². The lowest BCUT2D eigenvalue weighted by atomic mass is 10.4. The van der Waals surface area contributed by atoms with Crippen LogP contribution in [0.1, 0.15) is 6.42 Å². The van der Waals surface area contributed by atoms with Gasteiger partial charge in [0.25, 0.3) is 0 Å². The second kappa shape index (κ2) is 6.30. The van der Waals surface area contributed by atoms with Crippen LogP contribution in [0, 0.1) is 0 Å². The minimum absolute atomic E-state index is 0.0404. The molecule has 0 N–H and O–H groups in total. The van der Waals surface area contributed by atoms with E-state index in [0.29, 0.717) is 16.5 Å². The maximum Gasteiger partial charge on any atom is 0.224 e. The second-order valence-electron chi connectivity index (χ2n) is 4.77. The lowest BCUT2D eigenvalue weighted by molar-refractivity contribution is 0.673. The van der Waals surface area contributed by atoms with Crippen molar-refractivity contribution in [3.05, 3.63) is 46.8 Å². The minimum Gasteiger partial charge on any atom is -0.355 e. The van der Waals surface area contributed by atoms with Crippen molar-refractivity contribution in [2.24, 2.45) is 0 Å². The number of aromatic nitrogens is 2. The summed E-state index contributed by atoms with van der Waals surface area (Å²) in [5, 5.41) is 0.821. The molecule has 0 saturated carbocycles. The summed E-state index contributed by atoms with van der Waals surface area (Å²) < 4.78 is 12.7. The fourth-order valence-corrected chi connectivity index (χ4v) is 4.37. The quantitative estimate of drug-likeness (QED) is 0.804. The Morgan fingerprint density at radius 3 is 2.81 bits per heavy atom. The first-order chi connectivity index (χ1) is 10.1. The van der Waals surface area contributed by atoms with E-state index < -0.39 is 10.8 Å². The van der Waals surface area contributed by atoms with Crippen molar-refractivity contribution in [3.63, 3.8) is 0 Å². The van der Waals surface area contributed by atoms with Gasteiger partial charge >= 0.3 is 0 Å². The van der Waals surface area contributed by atoms with Gasteiger partial charge in [-0.05, 0) is 36.2 Å². The van der Waals surface area contributed by atoms with E-state index in [0.717, 1.165) is 18.8 Å². The fraction of sp³-hybridized carbons (Fsp3) is 0.286. The number of rotatable bonds is 3. The van der Waals surface area contributed by atoms with Crippen molar-refractivity contribution < 1.29 is 4.21 Å². The first-order valence-corrected chi connectivity index (χ1v) is 8.50. The number of hydrogen-bond acceptors (Lipinski definition) is 4. The summed E-state index contributed by atoms with van der Waals surface area (Å²) in [5.74, 6) is 0.772. The normalized spacial score (nSPS) is 19.7. The highest BCUT2D eigenvalue weighted by Gasteiger charge is 2.29. The van der Waals surface area contributed by atoms with Crippen LogP contribution in [0.15, 0.2) is 41.4 Å². The lowest BCUT2D eigenvalue weighted by Gasteiger charge is -2.17.